The number of halogens is 2. The van der Waals surface area contributed by atoms with Gasteiger partial charge < -0.3 is 9.64 Å². The summed E-state index contributed by atoms with van der Waals surface area (Å²) in [6, 6.07) is 3.18. The third-order valence-electron chi connectivity index (χ3n) is 3.13. The van der Waals surface area contributed by atoms with Crippen LogP contribution in [0.2, 0.25) is 0 Å². The fourth-order valence-corrected chi connectivity index (χ4v) is 2.09. The molecule has 1 fully saturated rings. The summed E-state index contributed by atoms with van der Waals surface area (Å²) in [5.74, 6) is -1.62. The van der Waals surface area contributed by atoms with Crippen LogP contribution in [0.5, 0.6) is 0 Å². The van der Waals surface area contributed by atoms with E-state index in [9.17, 15) is 13.6 Å². The van der Waals surface area contributed by atoms with Gasteiger partial charge in [0.25, 0.3) is 0 Å². The van der Waals surface area contributed by atoms with Gasteiger partial charge in [-0.05, 0) is 19.1 Å². The molecule has 1 amide bonds. The smallest absolute Gasteiger partial charge is 0.237 e. The second-order valence-electron chi connectivity index (χ2n) is 4.85. The van der Waals surface area contributed by atoms with Crippen molar-refractivity contribution in [1.82, 2.24) is 0 Å². The first kappa shape index (κ1) is 13.7. The third kappa shape index (κ3) is 2.51. The van der Waals surface area contributed by atoms with Gasteiger partial charge in [-0.15, -0.1) is 6.58 Å². The summed E-state index contributed by atoms with van der Waals surface area (Å²) in [5, 5.41) is 0. The fourth-order valence-electron chi connectivity index (χ4n) is 2.09. The molecule has 1 saturated heterocycles. The highest BCUT2D eigenvalue weighted by molar-refractivity contribution is 6.04. The summed E-state index contributed by atoms with van der Waals surface area (Å²) in [6.07, 6.45) is 1.60. The van der Waals surface area contributed by atoms with Crippen LogP contribution in [-0.2, 0) is 9.53 Å². The monoisotopic (exact) mass is 267 g/mol. The largest absolute Gasteiger partial charge is 0.376 e. The van der Waals surface area contributed by atoms with E-state index < -0.39 is 17.0 Å². The van der Waals surface area contributed by atoms with Gasteiger partial charge in [0.05, 0.1) is 24.3 Å². The molecule has 1 aromatic rings. The van der Waals surface area contributed by atoms with Gasteiger partial charge in [-0.2, -0.15) is 0 Å². The van der Waals surface area contributed by atoms with E-state index in [2.05, 4.69) is 6.58 Å². The lowest BCUT2D eigenvalue weighted by molar-refractivity contribution is -0.138. The highest BCUT2D eigenvalue weighted by Gasteiger charge is 2.49. The zero-order valence-electron chi connectivity index (χ0n) is 10.7. The van der Waals surface area contributed by atoms with Gasteiger partial charge in [-0.1, -0.05) is 6.08 Å². The maximum atomic E-state index is 13.6. The van der Waals surface area contributed by atoms with Gasteiger partial charge >= 0.3 is 0 Å². The number of amides is 1. The molecule has 1 atom stereocenters. The van der Waals surface area contributed by atoms with E-state index in [0.29, 0.717) is 13.2 Å². The second-order valence-corrected chi connectivity index (χ2v) is 4.85. The van der Waals surface area contributed by atoms with Gasteiger partial charge in [0, 0.05) is 12.6 Å². The lowest BCUT2D eigenvalue weighted by Crippen LogP contribution is -2.62. The number of rotatable bonds is 5. The van der Waals surface area contributed by atoms with Crippen LogP contribution in [-0.4, -0.2) is 25.7 Å². The predicted octanol–water partition coefficient (Wildman–Crippen LogP) is 2.52. The Labute approximate surface area is 110 Å². The van der Waals surface area contributed by atoms with Crippen LogP contribution in [0.3, 0.4) is 0 Å². The van der Waals surface area contributed by atoms with E-state index in [1.165, 1.54) is 11.0 Å². The first-order chi connectivity index (χ1) is 8.98. The van der Waals surface area contributed by atoms with E-state index in [-0.39, 0.29) is 18.2 Å². The van der Waals surface area contributed by atoms with Crippen molar-refractivity contribution in [3.05, 3.63) is 42.5 Å². The molecule has 0 spiro atoms. The molecule has 3 nitrogen and oxygen atoms in total. The van der Waals surface area contributed by atoms with Crippen molar-refractivity contribution in [2.45, 2.75) is 6.92 Å². The summed E-state index contributed by atoms with van der Waals surface area (Å²) >= 11 is 0. The molecule has 0 N–H and O–H groups in total. The van der Waals surface area contributed by atoms with Gasteiger partial charge in [-0.3, -0.25) is 4.79 Å². The molecule has 19 heavy (non-hydrogen) atoms. The van der Waals surface area contributed by atoms with Crippen LogP contribution in [0, 0.1) is 17.0 Å². The van der Waals surface area contributed by atoms with Crippen molar-refractivity contribution >= 4 is 11.6 Å². The Morgan fingerprint density at radius 2 is 2.26 bits per heavy atom. The fraction of sp³-hybridized carbons (Fsp3) is 0.357. The van der Waals surface area contributed by atoms with E-state index in [4.69, 9.17) is 4.74 Å². The highest BCUT2D eigenvalue weighted by Crippen LogP contribution is 2.37. The lowest BCUT2D eigenvalue weighted by Gasteiger charge is -2.46. The van der Waals surface area contributed by atoms with Gasteiger partial charge in [-0.25, -0.2) is 8.78 Å². The molecule has 5 heteroatoms. The number of β-lactam (4-membered cyclic amide) rings is 1. The quantitative estimate of drug-likeness (QED) is 0.466. The molecule has 1 aliphatic rings. The van der Waals surface area contributed by atoms with Gasteiger partial charge in [0.2, 0.25) is 5.91 Å². The standard InChI is InChI=1S/C14H15F2NO2/c1-3-6-19-9-14(2)8-17(13(14)18)12-5-4-10(15)7-11(12)16/h3-5,7H,1,6,8-9H2,2H3. The molecular formula is C14H15F2NO2. The van der Waals surface area contributed by atoms with E-state index in [1.807, 2.05) is 0 Å². The molecular weight excluding hydrogens is 252 g/mol. The van der Waals surface area contributed by atoms with E-state index in [1.54, 1.807) is 13.0 Å². The minimum Gasteiger partial charge on any atom is -0.376 e. The Hall–Kier alpha value is -1.75. The van der Waals surface area contributed by atoms with Crippen LogP contribution in [0.25, 0.3) is 0 Å². The number of nitrogens with zero attached hydrogens (tertiary/aromatic N) is 1. The number of hydrogen-bond donors (Lipinski definition) is 0. The Kier molecular flexibility index (Phi) is 3.66. The number of hydrogen-bond acceptors (Lipinski definition) is 2. The molecule has 0 aromatic heterocycles. The summed E-state index contributed by atoms with van der Waals surface area (Å²) in [6.45, 7) is 6.26. The molecule has 1 aromatic carbocycles. The Bertz CT molecular complexity index is 518. The van der Waals surface area contributed by atoms with Crippen molar-refractivity contribution < 1.29 is 18.3 Å². The van der Waals surface area contributed by atoms with Crippen LogP contribution >= 0.6 is 0 Å². The number of carbonyl (C=O) groups is 1. The SMILES string of the molecule is C=CCOCC1(C)CN(c2ccc(F)cc2F)C1=O. The summed E-state index contributed by atoms with van der Waals surface area (Å²) in [4.78, 5) is 13.4. The molecule has 0 bridgehead atoms. The van der Waals surface area contributed by atoms with Crippen molar-refractivity contribution in [3.8, 4) is 0 Å². The van der Waals surface area contributed by atoms with E-state index >= 15 is 0 Å². The number of benzene rings is 1. The maximum Gasteiger partial charge on any atom is 0.237 e. The summed E-state index contributed by atoms with van der Waals surface area (Å²) < 4.78 is 31.7. The van der Waals surface area contributed by atoms with Crippen molar-refractivity contribution in [1.29, 1.82) is 0 Å². The zero-order valence-corrected chi connectivity index (χ0v) is 10.7. The predicted molar refractivity (Wildman–Crippen MR) is 67.8 cm³/mol. The van der Waals surface area contributed by atoms with Crippen LogP contribution in [0.1, 0.15) is 6.92 Å². The minimum atomic E-state index is -0.734. The third-order valence-corrected chi connectivity index (χ3v) is 3.13. The van der Waals surface area contributed by atoms with Crippen molar-refractivity contribution in [2.24, 2.45) is 5.41 Å². The molecule has 1 aliphatic heterocycles. The molecule has 0 radical (unpaired) electrons. The first-order valence-corrected chi connectivity index (χ1v) is 5.93. The topological polar surface area (TPSA) is 29.5 Å². The Morgan fingerprint density at radius 1 is 1.53 bits per heavy atom. The Balaban J connectivity index is 2.06. The van der Waals surface area contributed by atoms with E-state index in [0.717, 1.165) is 12.1 Å². The normalized spacial score (nSPS) is 22.3. The summed E-state index contributed by atoms with van der Waals surface area (Å²) in [5.41, 5.74) is -0.545. The molecule has 1 unspecified atom stereocenters. The maximum absolute atomic E-state index is 13.6. The molecule has 0 saturated carbocycles. The summed E-state index contributed by atoms with van der Waals surface area (Å²) in [7, 11) is 0. The average Bonchev–Trinajstić information content (AvgIpc) is 2.37. The molecule has 102 valence electrons. The average molecular weight is 267 g/mol. The second kappa shape index (κ2) is 5.09. The number of ether oxygens (including phenoxy) is 1. The zero-order chi connectivity index (χ0) is 14.0. The first-order valence-electron chi connectivity index (χ1n) is 5.93. The molecule has 1 heterocycles. The van der Waals surface area contributed by atoms with Gasteiger partial charge in [0.1, 0.15) is 11.6 Å². The lowest BCUT2D eigenvalue weighted by atomic mass is 9.81. The highest BCUT2D eigenvalue weighted by atomic mass is 19.1. The Morgan fingerprint density at radius 3 is 2.84 bits per heavy atom. The van der Waals surface area contributed by atoms with Crippen molar-refractivity contribution in [2.75, 3.05) is 24.7 Å². The van der Waals surface area contributed by atoms with Crippen LogP contribution in [0.4, 0.5) is 14.5 Å². The van der Waals surface area contributed by atoms with Crippen LogP contribution < -0.4 is 4.90 Å². The van der Waals surface area contributed by atoms with Gasteiger partial charge in [0.15, 0.2) is 0 Å². The van der Waals surface area contributed by atoms with Crippen LogP contribution in [0.15, 0.2) is 30.9 Å². The number of carbonyl (C=O) groups excluding carboxylic acids is 1. The molecule has 0 aliphatic carbocycles. The minimum absolute atomic E-state index is 0.104. The number of anilines is 1. The molecule has 2 rings (SSSR count). The van der Waals surface area contributed by atoms with Crippen molar-refractivity contribution in [3.63, 3.8) is 0 Å².